The Hall–Kier alpha value is -1.55. The predicted molar refractivity (Wildman–Crippen MR) is 69.8 cm³/mol. The molecule has 0 spiro atoms. The molecule has 1 heterocycles. The normalized spacial score (nSPS) is 19.4. The van der Waals surface area contributed by atoms with Gasteiger partial charge in [-0.05, 0) is 38.8 Å². The van der Waals surface area contributed by atoms with E-state index in [9.17, 15) is 4.79 Å². The lowest BCUT2D eigenvalue weighted by atomic mass is 10.1. The fraction of sp³-hybridized carbons (Fsp3) is 0.500. The van der Waals surface area contributed by atoms with Gasteiger partial charge in [0.1, 0.15) is 5.60 Å². The molecule has 4 nitrogen and oxygen atoms in total. The Kier molecular flexibility index (Phi) is 3.30. The van der Waals surface area contributed by atoms with Crippen LogP contribution in [0, 0.1) is 0 Å². The van der Waals surface area contributed by atoms with Gasteiger partial charge in [0.2, 0.25) is 0 Å². The first-order chi connectivity index (χ1) is 8.37. The highest BCUT2D eigenvalue weighted by Gasteiger charge is 2.28. The van der Waals surface area contributed by atoms with Gasteiger partial charge in [0.05, 0.1) is 6.04 Å². The number of hydrogen-bond donors (Lipinski definition) is 1. The Labute approximate surface area is 108 Å². The highest BCUT2D eigenvalue weighted by molar-refractivity contribution is 5.67. The maximum atomic E-state index is 11.7. The monoisotopic (exact) mass is 248 g/mol. The van der Waals surface area contributed by atoms with E-state index in [2.05, 4.69) is 24.5 Å². The van der Waals surface area contributed by atoms with Crippen LogP contribution < -0.4 is 5.43 Å². The fourth-order valence-corrected chi connectivity index (χ4v) is 2.13. The Morgan fingerprint density at radius 1 is 1.39 bits per heavy atom. The predicted octanol–water partition coefficient (Wildman–Crippen LogP) is 3.00. The van der Waals surface area contributed by atoms with Crippen molar-refractivity contribution in [1.29, 1.82) is 0 Å². The molecule has 1 aromatic carbocycles. The van der Waals surface area contributed by atoms with E-state index in [4.69, 9.17) is 4.74 Å². The van der Waals surface area contributed by atoms with Crippen LogP contribution in [0.4, 0.5) is 4.79 Å². The zero-order valence-electron chi connectivity index (χ0n) is 11.4. The van der Waals surface area contributed by atoms with Crippen LogP contribution in [0.1, 0.15) is 44.9 Å². The van der Waals surface area contributed by atoms with Gasteiger partial charge in [0.15, 0.2) is 0 Å². The van der Waals surface area contributed by atoms with Gasteiger partial charge in [-0.1, -0.05) is 24.3 Å². The molecule has 1 aliphatic rings. The SMILES string of the molecule is CC1c2ccccc2CN1NC(=O)OC(C)(C)C. The van der Waals surface area contributed by atoms with Gasteiger partial charge in [-0.2, -0.15) is 0 Å². The van der Waals surface area contributed by atoms with Crippen molar-refractivity contribution in [2.45, 2.75) is 45.9 Å². The largest absolute Gasteiger partial charge is 0.443 e. The number of nitrogens with zero attached hydrogens (tertiary/aromatic N) is 1. The molecular weight excluding hydrogens is 228 g/mol. The summed E-state index contributed by atoms with van der Waals surface area (Å²) in [7, 11) is 0. The molecule has 2 rings (SSSR count). The number of nitrogens with one attached hydrogen (secondary N) is 1. The van der Waals surface area contributed by atoms with Crippen LogP contribution >= 0.6 is 0 Å². The number of carbonyl (C=O) groups is 1. The van der Waals surface area contributed by atoms with E-state index in [1.54, 1.807) is 0 Å². The van der Waals surface area contributed by atoms with Crippen molar-refractivity contribution in [1.82, 2.24) is 10.4 Å². The summed E-state index contributed by atoms with van der Waals surface area (Å²) in [6.45, 7) is 8.36. The van der Waals surface area contributed by atoms with E-state index >= 15 is 0 Å². The molecule has 1 aliphatic heterocycles. The summed E-state index contributed by atoms with van der Waals surface area (Å²) in [6, 6.07) is 8.39. The van der Waals surface area contributed by atoms with E-state index in [0.29, 0.717) is 0 Å². The molecule has 0 saturated heterocycles. The van der Waals surface area contributed by atoms with Crippen LogP contribution in [-0.2, 0) is 11.3 Å². The molecule has 18 heavy (non-hydrogen) atoms. The molecule has 1 atom stereocenters. The van der Waals surface area contributed by atoms with Crippen LogP contribution in [0.15, 0.2) is 24.3 Å². The van der Waals surface area contributed by atoms with Crippen molar-refractivity contribution in [2.24, 2.45) is 0 Å². The summed E-state index contributed by atoms with van der Waals surface area (Å²) in [4.78, 5) is 11.7. The van der Waals surface area contributed by atoms with E-state index < -0.39 is 11.7 Å². The number of fused-ring (bicyclic) bond motifs is 1. The van der Waals surface area contributed by atoms with Gasteiger partial charge in [-0.3, -0.25) is 5.43 Å². The molecule has 1 N–H and O–H groups in total. The molecule has 1 unspecified atom stereocenters. The number of amides is 1. The second kappa shape index (κ2) is 4.61. The molecule has 4 heteroatoms. The summed E-state index contributed by atoms with van der Waals surface area (Å²) in [5.74, 6) is 0. The van der Waals surface area contributed by atoms with Crippen LogP contribution in [0.25, 0.3) is 0 Å². The second-order valence-electron chi connectivity index (χ2n) is 5.62. The van der Waals surface area contributed by atoms with Gasteiger partial charge in [0.25, 0.3) is 0 Å². The minimum Gasteiger partial charge on any atom is -0.443 e. The second-order valence-corrected chi connectivity index (χ2v) is 5.62. The van der Waals surface area contributed by atoms with Gasteiger partial charge in [-0.15, -0.1) is 0 Å². The average Bonchev–Trinajstić information content (AvgIpc) is 2.54. The minimum atomic E-state index is -0.472. The van der Waals surface area contributed by atoms with E-state index in [-0.39, 0.29) is 6.04 Å². The van der Waals surface area contributed by atoms with Crippen LogP contribution in [0.2, 0.25) is 0 Å². The average molecular weight is 248 g/mol. The summed E-state index contributed by atoms with van der Waals surface area (Å²) in [5, 5.41) is 1.90. The van der Waals surface area contributed by atoms with Crippen molar-refractivity contribution in [3.63, 3.8) is 0 Å². The van der Waals surface area contributed by atoms with Crippen molar-refractivity contribution in [3.8, 4) is 0 Å². The molecule has 98 valence electrons. The lowest BCUT2D eigenvalue weighted by Gasteiger charge is -2.25. The third kappa shape index (κ3) is 2.82. The zero-order chi connectivity index (χ0) is 13.3. The molecule has 0 saturated carbocycles. The van der Waals surface area contributed by atoms with Gasteiger partial charge >= 0.3 is 6.09 Å². The van der Waals surface area contributed by atoms with E-state index in [0.717, 1.165) is 6.54 Å². The fourth-order valence-electron chi connectivity index (χ4n) is 2.13. The molecule has 1 amide bonds. The first-order valence-electron chi connectivity index (χ1n) is 6.21. The third-order valence-corrected chi connectivity index (χ3v) is 2.95. The number of hydrogen-bond acceptors (Lipinski definition) is 3. The number of rotatable bonds is 1. The van der Waals surface area contributed by atoms with Crippen molar-refractivity contribution in [2.75, 3.05) is 0 Å². The van der Waals surface area contributed by atoms with E-state index in [1.807, 2.05) is 37.9 Å². The topological polar surface area (TPSA) is 41.6 Å². The van der Waals surface area contributed by atoms with Gasteiger partial charge < -0.3 is 4.74 Å². The Morgan fingerprint density at radius 3 is 2.67 bits per heavy atom. The quantitative estimate of drug-likeness (QED) is 0.830. The summed E-state index contributed by atoms with van der Waals surface area (Å²) in [6.07, 6.45) is -0.401. The third-order valence-electron chi connectivity index (χ3n) is 2.95. The Balaban J connectivity index is 2.00. The maximum absolute atomic E-state index is 11.7. The highest BCUT2D eigenvalue weighted by Crippen LogP contribution is 2.31. The number of carbonyl (C=O) groups excluding carboxylic acids is 1. The Morgan fingerprint density at radius 2 is 2.06 bits per heavy atom. The number of benzene rings is 1. The first-order valence-corrected chi connectivity index (χ1v) is 6.21. The molecule has 0 aliphatic carbocycles. The van der Waals surface area contributed by atoms with Crippen molar-refractivity contribution >= 4 is 6.09 Å². The zero-order valence-corrected chi connectivity index (χ0v) is 11.4. The molecule has 1 aromatic rings. The molecule has 0 fully saturated rings. The molecular formula is C14H20N2O2. The molecule has 0 radical (unpaired) electrons. The highest BCUT2D eigenvalue weighted by atomic mass is 16.6. The minimum absolute atomic E-state index is 0.175. The van der Waals surface area contributed by atoms with Crippen LogP contribution in [-0.4, -0.2) is 16.7 Å². The summed E-state index contributed by atoms with van der Waals surface area (Å²) < 4.78 is 5.26. The van der Waals surface area contributed by atoms with Crippen molar-refractivity contribution in [3.05, 3.63) is 35.4 Å². The number of hydrazine groups is 1. The Bertz CT molecular complexity index is 451. The molecule has 0 bridgehead atoms. The van der Waals surface area contributed by atoms with Crippen molar-refractivity contribution < 1.29 is 9.53 Å². The number of ether oxygens (including phenoxy) is 1. The first kappa shape index (κ1) is 12.9. The summed E-state index contributed by atoms with van der Waals surface area (Å²) >= 11 is 0. The van der Waals surface area contributed by atoms with Crippen LogP contribution in [0.5, 0.6) is 0 Å². The smallest absolute Gasteiger partial charge is 0.422 e. The summed E-state index contributed by atoms with van der Waals surface area (Å²) in [5.41, 5.74) is 4.84. The maximum Gasteiger partial charge on any atom is 0.422 e. The van der Waals surface area contributed by atoms with Gasteiger partial charge in [0, 0.05) is 6.54 Å². The lowest BCUT2D eigenvalue weighted by molar-refractivity contribution is 0.0271. The van der Waals surface area contributed by atoms with Gasteiger partial charge in [-0.25, -0.2) is 9.80 Å². The lowest BCUT2D eigenvalue weighted by Crippen LogP contribution is -2.43. The standard InChI is InChI=1S/C14H20N2O2/c1-10-12-8-6-5-7-11(12)9-16(10)15-13(17)18-14(2,3)4/h5-8,10H,9H2,1-4H3,(H,15,17). The van der Waals surface area contributed by atoms with Crippen LogP contribution in [0.3, 0.4) is 0 Å². The van der Waals surface area contributed by atoms with E-state index in [1.165, 1.54) is 11.1 Å². The molecule has 0 aromatic heterocycles.